The molecule has 6 heteroatoms. The second-order valence-electron chi connectivity index (χ2n) is 3.35. The number of rotatable bonds is 2. The van der Waals surface area contributed by atoms with E-state index in [1.54, 1.807) is 0 Å². The molecule has 1 aromatic rings. The third kappa shape index (κ3) is 1.50. The molecule has 0 aliphatic heterocycles. The van der Waals surface area contributed by atoms with E-state index in [1.165, 1.54) is 0 Å². The number of nitrogens with zero attached hydrogens (tertiary/aromatic N) is 2. The predicted octanol–water partition coefficient (Wildman–Crippen LogP) is 1.73. The lowest BCUT2D eigenvalue weighted by atomic mass is 10.2. The van der Waals surface area contributed by atoms with E-state index < -0.39 is 18.5 Å². The largest absolute Gasteiger partial charge is 0.433 e. The third-order valence-electron chi connectivity index (χ3n) is 2.20. The first-order valence-corrected chi connectivity index (χ1v) is 4.28. The minimum atomic E-state index is -4.43. The van der Waals surface area contributed by atoms with Crippen LogP contribution in [0.15, 0.2) is 6.20 Å². The number of hydrogen-bond donors (Lipinski definition) is 1. The summed E-state index contributed by atoms with van der Waals surface area (Å²) in [5.41, 5.74) is -0.952. The SMILES string of the molecule is OCc1cnn(C2CC2)c1C(F)(F)F. The van der Waals surface area contributed by atoms with Gasteiger partial charge in [0.25, 0.3) is 0 Å². The van der Waals surface area contributed by atoms with Gasteiger partial charge in [0.05, 0.1) is 18.8 Å². The van der Waals surface area contributed by atoms with Gasteiger partial charge in [-0.05, 0) is 12.8 Å². The van der Waals surface area contributed by atoms with Crippen molar-refractivity contribution in [2.75, 3.05) is 0 Å². The van der Waals surface area contributed by atoms with Crippen molar-refractivity contribution in [3.05, 3.63) is 17.5 Å². The topological polar surface area (TPSA) is 38.1 Å². The number of aromatic nitrogens is 2. The van der Waals surface area contributed by atoms with Gasteiger partial charge in [0.1, 0.15) is 5.69 Å². The number of aliphatic hydroxyl groups excluding tert-OH is 1. The first-order chi connectivity index (χ1) is 6.54. The molecule has 3 nitrogen and oxygen atoms in total. The van der Waals surface area contributed by atoms with E-state index in [0.717, 1.165) is 23.7 Å². The van der Waals surface area contributed by atoms with E-state index in [-0.39, 0.29) is 11.6 Å². The van der Waals surface area contributed by atoms with E-state index in [1.807, 2.05) is 0 Å². The molecular weight excluding hydrogens is 197 g/mol. The molecule has 14 heavy (non-hydrogen) atoms. The zero-order valence-corrected chi connectivity index (χ0v) is 7.25. The highest BCUT2D eigenvalue weighted by atomic mass is 19.4. The monoisotopic (exact) mass is 206 g/mol. The maximum absolute atomic E-state index is 12.5. The zero-order chi connectivity index (χ0) is 10.3. The van der Waals surface area contributed by atoms with Crippen LogP contribution in [0.4, 0.5) is 13.2 Å². The van der Waals surface area contributed by atoms with Crippen molar-refractivity contribution in [1.82, 2.24) is 9.78 Å². The summed E-state index contributed by atoms with van der Waals surface area (Å²) in [6.07, 6.45) is -1.89. The molecule has 1 heterocycles. The molecule has 1 fully saturated rings. The summed E-state index contributed by atoms with van der Waals surface area (Å²) in [6, 6.07) is -0.132. The Morgan fingerprint density at radius 2 is 2.14 bits per heavy atom. The van der Waals surface area contributed by atoms with Crippen LogP contribution < -0.4 is 0 Å². The van der Waals surface area contributed by atoms with Gasteiger partial charge in [0, 0.05) is 5.56 Å². The second-order valence-corrected chi connectivity index (χ2v) is 3.35. The second kappa shape index (κ2) is 2.98. The summed E-state index contributed by atoms with van der Waals surface area (Å²) in [5, 5.41) is 12.4. The van der Waals surface area contributed by atoms with Crippen LogP contribution in [0.3, 0.4) is 0 Å². The standard InChI is InChI=1S/C8H9F3N2O/c9-8(10,11)7-5(4-14)3-12-13(7)6-1-2-6/h3,6,14H,1-2,4H2. The van der Waals surface area contributed by atoms with Gasteiger partial charge in [-0.1, -0.05) is 0 Å². The molecule has 1 aliphatic carbocycles. The lowest BCUT2D eigenvalue weighted by Crippen LogP contribution is -2.15. The van der Waals surface area contributed by atoms with Gasteiger partial charge < -0.3 is 5.11 Å². The van der Waals surface area contributed by atoms with E-state index >= 15 is 0 Å². The highest BCUT2D eigenvalue weighted by Crippen LogP contribution is 2.41. The van der Waals surface area contributed by atoms with Crippen molar-refractivity contribution in [1.29, 1.82) is 0 Å². The molecule has 0 saturated heterocycles. The van der Waals surface area contributed by atoms with E-state index in [4.69, 9.17) is 5.11 Å². The molecule has 0 amide bonds. The summed E-state index contributed by atoms with van der Waals surface area (Å²) >= 11 is 0. The lowest BCUT2D eigenvalue weighted by Gasteiger charge is -2.10. The van der Waals surface area contributed by atoms with Crippen molar-refractivity contribution < 1.29 is 18.3 Å². The molecule has 0 radical (unpaired) electrons. The first kappa shape index (κ1) is 9.51. The molecule has 0 bridgehead atoms. The summed E-state index contributed by atoms with van der Waals surface area (Å²) in [5.74, 6) is 0. The average Bonchev–Trinajstić information content (AvgIpc) is 2.82. The fourth-order valence-corrected chi connectivity index (χ4v) is 1.42. The maximum atomic E-state index is 12.5. The number of hydrogen-bond acceptors (Lipinski definition) is 2. The molecule has 0 spiro atoms. The van der Waals surface area contributed by atoms with E-state index in [0.29, 0.717) is 0 Å². The van der Waals surface area contributed by atoms with Gasteiger partial charge in [-0.2, -0.15) is 18.3 Å². The first-order valence-electron chi connectivity index (χ1n) is 4.28. The Bertz CT molecular complexity index is 341. The van der Waals surface area contributed by atoms with Crippen molar-refractivity contribution >= 4 is 0 Å². The Kier molecular flexibility index (Phi) is 2.02. The predicted molar refractivity (Wildman–Crippen MR) is 41.4 cm³/mol. The van der Waals surface area contributed by atoms with Gasteiger partial charge >= 0.3 is 6.18 Å². The molecule has 1 saturated carbocycles. The molecule has 78 valence electrons. The fourth-order valence-electron chi connectivity index (χ4n) is 1.42. The average molecular weight is 206 g/mol. The Morgan fingerprint density at radius 3 is 2.57 bits per heavy atom. The Balaban J connectivity index is 2.45. The van der Waals surface area contributed by atoms with Crippen LogP contribution in [0.25, 0.3) is 0 Å². The minimum Gasteiger partial charge on any atom is -0.392 e. The lowest BCUT2D eigenvalue weighted by molar-refractivity contribution is -0.145. The van der Waals surface area contributed by atoms with Crippen LogP contribution >= 0.6 is 0 Å². The normalized spacial score (nSPS) is 17.4. The van der Waals surface area contributed by atoms with Crippen LogP contribution in [-0.2, 0) is 12.8 Å². The Morgan fingerprint density at radius 1 is 1.50 bits per heavy atom. The summed E-state index contributed by atoms with van der Waals surface area (Å²) in [6.45, 7) is -0.623. The zero-order valence-electron chi connectivity index (χ0n) is 7.25. The van der Waals surface area contributed by atoms with Crippen molar-refractivity contribution in [3.8, 4) is 0 Å². The fraction of sp³-hybridized carbons (Fsp3) is 0.625. The molecule has 0 atom stereocenters. The van der Waals surface area contributed by atoms with Gasteiger partial charge in [-0.3, -0.25) is 4.68 Å². The molecule has 1 N–H and O–H groups in total. The van der Waals surface area contributed by atoms with Crippen molar-refractivity contribution in [3.63, 3.8) is 0 Å². The van der Waals surface area contributed by atoms with Gasteiger partial charge in [0.15, 0.2) is 0 Å². The summed E-state index contributed by atoms with van der Waals surface area (Å²) in [4.78, 5) is 0. The molecule has 0 unspecified atom stereocenters. The summed E-state index contributed by atoms with van der Waals surface area (Å²) < 4.78 is 38.6. The minimum absolute atomic E-state index is 0.132. The molecule has 2 rings (SSSR count). The van der Waals surface area contributed by atoms with E-state index in [2.05, 4.69) is 5.10 Å². The van der Waals surface area contributed by atoms with Crippen LogP contribution in [0, 0.1) is 0 Å². The maximum Gasteiger partial charge on any atom is 0.433 e. The van der Waals surface area contributed by atoms with Crippen LogP contribution in [0.5, 0.6) is 0 Å². The van der Waals surface area contributed by atoms with Crippen LogP contribution in [0.2, 0.25) is 0 Å². The van der Waals surface area contributed by atoms with E-state index in [9.17, 15) is 13.2 Å². The Hall–Kier alpha value is -1.04. The summed E-state index contributed by atoms with van der Waals surface area (Å²) in [7, 11) is 0. The van der Waals surface area contributed by atoms with Crippen LogP contribution in [0.1, 0.15) is 30.1 Å². The highest BCUT2D eigenvalue weighted by Gasteiger charge is 2.41. The number of alkyl halides is 3. The van der Waals surface area contributed by atoms with Crippen molar-refractivity contribution in [2.45, 2.75) is 31.7 Å². The molecule has 1 aliphatic rings. The number of halogens is 3. The Labute approximate surface area is 78.1 Å². The smallest absolute Gasteiger partial charge is 0.392 e. The quantitative estimate of drug-likeness (QED) is 0.800. The van der Waals surface area contributed by atoms with Gasteiger partial charge in [-0.15, -0.1) is 0 Å². The van der Waals surface area contributed by atoms with Gasteiger partial charge in [-0.25, -0.2) is 0 Å². The van der Waals surface area contributed by atoms with Crippen molar-refractivity contribution in [2.24, 2.45) is 0 Å². The molecule has 0 aromatic carbocycles. The van der Waals surface area contributed by atoms with Crippen LogP contribution in [-0.4, -0.2) is 14.9 Å². The number of aliphatic hydroxyl groups is 1. The highest BCUT2D eigenvalue weighted by molar-refractivity contribution is 5.21. The molecule has 1 aromatic heterocycles. The van der Waals surface area contributed by atoms with Gasteiger partial charge in [0.2, 0.25) is 0 Å². The molecular formula is C8H9F3N2O. The third-order valence-corrected chi connectivity index (χ3v) is 2.20.